The van der Waals surface area contributed by atoms with Crippen molar-refractivity contribution in [2.24, 2.45) is 0 Å². The minimum Gasteiger partial charge on any atom is -0.493 e. The van der Waals surface area contributed by atoms with Gasteiger partial charge < -0.3 is 9.47 Å². The van der Waals surface area contributed by atoms with Crippen LogP contribution in [0.1, 0.15) is 25.0 Å². The van der Waals surface area contributed by atoms with Crippen molar-refractivity contribution in [1.29, 1.82) is 0 Å². The summed E-state index contributed by atoms with van der Waals surface area (Å²) in [7, 11) is 3.31. The minimum atomic E-state index is 0.433. The van der Waals surface area contributed by atoms with Crippen LogP contribution in [0.25, 0.3) is 0 Å². The molecule has 0 amide bonds. The molecule has 7 nitrogen and oxygen atoms in total. The van der Waals surface area contributed by atoms with Crippen molar-refractivity contribution in [2.45, 2.75) is 38.4 Å². The Balaban J connectivity index is 1.76. The lowest BCUT2D eigenvalue weighted by atomic mass is 10.0. The van der Waals surface area contributed by atoms with E-state index in [1.165, 1.54) is 12.8 Å². The van der Waals surface area contributed by atoms with Gasteiger partial charge in [0.1, 0.15) is 5.69 Å². The Labute approximate surface area is 136 Å². The summed E-state index contributed by atoms with van der Waals surface area (Å²) in [5, 5.41) is 7.98. The minimum absolute atomic E-state index is 0.433. The molecule has 1 fully saturated rings. The molecule has 3 heterocycles. The van der Waals surface area contributed by atoms with Gasteiger partial charge >= 0.3 is 0 Å². The molecule has 2 aromatic heterocycles. The first-order valence-corrected chi connectivity index (χ1v) is 7.96. The average Bonchev–Trinajstić information content (AvgIpc) is 3.09. The van der Waals surface area contributed by atoms with Gasteiger partial charge in [0.2, 0.25) is 0 Å². The molecule has 0 bridgehead atoms. The van der Waals surface area contributed by atoms with Crippen molar-refractivity contribution in [3.8, 4) is 11.5 Å². The molecule has 124 valence electrons. The molecule has 1 unspecified atom stereocenters. The predicted octanol–water partition coefficient (Wildman–Crippen LogP) is 1.74. The van der Waals surface area contributed by atoms with Gasteiger partial charge in [-0.25, -0.2) is 0 Å². The summed E-state index contributed by atoms with van der Waals surface area (Å²) in [4.78, 5) is 6.96. The van der Waals surface area contributed by atoms with Crippen molar-refractivity contribution < 1.29 is 9.47 Å². The number of likely N-dealkylation sites (tertiary alicyclic amines) is 1. The Morgan fingerprint density at radius 2 is 2.13 bits per heavy atom. The summed E-state index contributed by atoms with van der Waals surface area (Å²) in [6.07, 6.45) is 9.02. The maximum atomic E-state index is 5.51. The van der Waals surface area contributed by atoms with E-state index in [4.69, 9.17) is 9.47 Å². The van der Waals surface area contributed by atoms with Crippen LogP contribution in [-0.2, 0) is 13.1 Å². The van der Waals surface area contributed by atoms with Gasteiger partial charge in [-0.3, -0.25) is 14.6 Å². The number of hydrogen-bond acceptors (Lipinski definition) is 6. The van der Waals surface area contributed by atoms with Gasteiger partial charge in [-0.1, -0.05) is 11.6 Å². The molecular weight excluding hydrogens is 294 g/mol. The van der Waals surface area contributed by atoms with Crippen LogP contribution in [-0.4, -0.2) is 51.7 Å². The first-order chi connectivity index (χ1) is 11.3. The van der Waals surface area contributed by atoms with Gasteiger partial charge in [-0.2, -0.15) is 0 Å². The zero-order valence-corrected chi connectivity index (χ0v) is 13.7. The average molecular weight is 317 g/mol. The van der Waals surface area contributed by atoms with Crippen molar-refractivity contribution in [2.75, 3.05) is 20.8 Å². The smallest absolute Gasteiger partial charge is 0.183 e. The summed E-state index contributed by atoms with van der Waals surface area (Å²) in [6, 6.07) is 2.26. The van der Waals surface area contributed by atoms with Crippen molar-refractivity contribution in [1.82, 2.24) is 24.9 Å². The number of aromatic nitrogens is 4. The third-order valence-electron chi connectivity index (χ3n) is 4.34. The fourth-order valence-corrected chi connectivity index (χ4v) is 3.18. The number of pyridine rings is 1. The Hall–Kier alpha value is -2.15. The Morgan fingerprint density at radius 3 is 2.87 bits per heavy atom. The van der Waals surface area contributed by atoms with E-state index in [1.807, 2.05) is 16.9 Å². The van der Waals surface area contributed by atoms with Crippen LogP contribution in [0.3, 0.4) is 0 Å². The molecule has 1 saturated heterocycles. The summed E-state index contributed by atoms with van der Waals surface area (Å²) >= 11 is 0. The third-order valence-corrected chi connectivity index (χ3v) is 4.34. The molecule has 0 saturated carbocycles. The molecule has 0 spiro atoms. The SMILES string of the molecule is COc1ccnc(CN2CCCCC2Cn2ccnn2)c1OC. The molecule has 23 heavy (non-hydrogen) atoms. The number of methoxy groups -OCH3 is 2. The molecule has 7 heteroatoms. The number of nitrogens with zero attached hydrogens (tertiary/aromatic N) is 5. The van der Waals surface area contributed by atoms with Gasteiger partial charge in [-0.05, 0) is 19.4 Å². The highest BCUT2D eigenvalue weighted by atomic mass is 16.5. The topological polar surface area (TPSA) is 65.3 Å². The highest BCUT2D eigenvalue weighted by Gasteiger charge is 2.25. The fraction of sp³-hybridized carbons (Fsp3) is 0.562. The summed E-state index contributed by atoms with van der Waals surface area (Å²) in [5.74, 6) is 1.45. The van der Waals surface area contributed by atoms with Crippen LogP contribution in [0.2, 0.25) is 0 Å². The van der Waals surface area contributed by atoms with Gasteiger partial charge in [0, 0.05) is 31.0 Å². The van der Waals surface area contributed by atoms with Crippen LogP contribution in [0, 0.1) is 0 Å². The van der Waals surface area contributed by atoms with Crippen molar-refractivity contribution in [3.63, 3.8) is 0 Å². The molecule has 0 aliphatic carbocycles. The van der Waals surface area contributed by atoms with Gasteiger partial charge in [0.15, 0.2) is 11.5 Å². The Kier molecular flexibility index (Phi) is 5.07. The third kappa shape index (κ3) is 3.61. The first kappa shape index (κ1) is 15.7. The normalized spacial score (nSPS) is 18.8. The van der Waals surface area contributed by atoms with Gasteiger partial charge in [-0.15, -0.1) is 5.10 Å². The summed E-state index contributed by atoms with van der Waals surface area (Å²) in [6.45, 7) is 2.66. The standard InChI is InChI=1S/C16H23N5O2/c1-22-15-6-7-17-14(16(15)23-2)12-20-9-4-3-5-13(20)11-21-10-8-18-19-21/h6-8,10,13H,3-5,9,11-12H2,1-2H3. The van der Waals surface area contributed by atoms with E-state index in [9.17, 15) is 0 Å². The van der Waals surface area contributed by atoms with E-state index in [-0.39, 0.29) is 0 Å². The second-order valence-electron chi connectivity index (χ2n) is 5.74. The molecule has 1 aliphatic rings. The summed E-state index contributed by atoms with van der Waals surface area (Å²) < 4.78 is 12.8. The van der Waals surface area contributed by atoms with Crippen LogP contribution in [0.15, 0.2) is 24.7 Å². The van der Waals surface area contributed by atoms with E-state index in [2.05, 4.69) is 20.2 Å². The lowest BCUT2D eigenvalue weighted by Gasteiger charge is -2.35. The maximum Gasteiger partial charge on any atom is 0.183 e. The van der Waals surface area contributed by atoms with Gasteiger partial charge in [0.05, 0.1) is 27.0 Å². The lowest BCUT2D eigenvalue weighted by Crippen LogP contribution is -2.41. The second kappa shape index (κ2) is 7.41. The highest BCUT2D eigenvalue weighted by Crippen LogP contribution is 2.31. The number of piperidine rings is 1. The van der Waals surface area contributed by atoms with Crippen LogP contribution < -0.4 is 9.47 Å². The maximum absolute atomic E-state index is 5.51. The number of rotatable bonds is 6. The van der Waals surface area contributed by atoms with Crippen molar-refractivity contribution >= 4 is 0 Å². The molecule has 3 rings (SSSR count). The van der Waals surface area contributed by atoms with E-state index < -0.39 is 0 Å². The molecular formula is C16H23N5O2. The molecule has 1 aliphatic heterocycles. The van der Waals surface area contributed by atoms with Crippen LogP contribution >= 0.6 is 0 Å². The van der Waals surface area contributed by atoms with Gasteiger partial charge in [0.25, 0.3) is 0 Å². The monoisotopic (exact) mass is 317 g/mol. The summed E-state index contributed by atoms with van der Waals surface area (Å²) in [5.41, 5.74) is 0.914. The Bertz CT molecular complexity index is 617. The highest BCUT2D eigenvalue weighted by molar-refractivity contribution is 5.42. The van der Waals surface area contributed by atoms with Crippen LogP contribution in [0.4, 0.5) is 0 Å². The number of ether oxygens (including phenoxy) is 2. The van der Waals surface area contributed by atoms with E-state index in [0.717, 1.165) is 43.2 Å². The fourth-order valence-electron chi connectivity index (χ4n) is 3.18. The second-order valence-corrected chi connectivity index (χ2v) is 5.74. The van der Waals surface area contributed by atoms with E-state index in [0.29, 0.717) is 6.04 Å². The van der Waals surface area contributed by atoms with Crippen molar-refractivity contribution in [3.05, 3.63) is 30.4 Å². The Morgan fingerprint density at radius 1 is 1.22 bits per heavy atom. The molecule has 0 aromatic carbocycles. The van der Waals surface area contributed by atoms with Crippen LogP contribution in [0.5, 0.6) is 11.5 Å². The van der Waals surface area contributed by atoms with E-state index in [1.54, 1.807) is 26.6 Å². The molecule has 1 atom stereocenters. The molecule has 0 radical (unpaired) electrons. The molecule has 0 N–H and O–H groups in total. The largest absolute Gasteiger partial charge is 0.493 e. The number of hydrogen-bond donors (Lipinski definition) is 0. The first-order valence-electron chi connectivity index (χ1n) is 7.96. The zero-order valence-electron chi connectivity index (χ0n) is 13.7. The quantitative estimate of drug-likeness (QED) is 0.808. The molecule has 2 aromatic rings. The lowest BCUT2D eigenvalue weighted by molar-refractivity contribution is 0.118. The zero-order chi connectivity index (χ0) is 16.1. The van der Waals surface area contributed by atoms with E-state index >= 15 is 0 Å². The predicted molar refractivity (Wildman–Crippen MR) is 85.4 cm³/mol.